The predicted octanol–water partition coefficient (Wildman–Crippen LogP) is 13.5. The Morgan fingerprint density at radius 1 is 0.542 bits per heavy atom. The monoisotopic (exact) mass is 656 g/mol. The molecule has 0 bridgehead atoms. The topological polar surface area (TPSA) is 44.8 Å². The van der Waals surface area contributed by atoms with Gasteiger partial charge in [0, 0.05) is 6.61 Å². The molecule has 0 fully saturated rings. The number of ether oxygens (including phenoxy) is 3. The van der Waals surface area contributed by atoms with Gasteiger partial charge in [0.2, 0.25) is 0 Å². The fraction of sp³-hybridized carbons (Fsp3) is 0.568. The van der Waals surface area contributed by atoms with Crippen LogP contribution in [-0.2, 0) is 4.74 Å². The standard InChI is InChI=1S/C44H64O4/c1-5-7-8-9-10-11-12-13-14-15-16-17-18-19-20-21-35-46-37(4)38-23-25-39(26-24-38)40-27-29-41(30-28-40)44(45)48-43-33-31-42(32-34-43)47-36(3)22-6-2/h23-34,36-37H,5-22,35H2,1-4H3. The van der Waals surface area contributed by atoms with Crippen LogP contribution in [-0.4, -0.2) is 18.7 Å². The summed E-state index contributed by atoms with van der Waals surface area (Å²) in [6, 6.07) is 23.3. The van der Waals surface area contributed by atoms with E-state index in [1.807, 2.05) is 36.4 Å². The molecule has 3 rings (SSSR count). The van der Waals surface area contributed by atoms with Crippen LogP contribution in [0.4, 0.5) is 0 Å². The lowest BCUT2D eigenvalue weighted by molar-refractivity contribution is 0.0627. The largest absolute Gasteiger partial charge is 0.491 e. The zero-order chi connectivity index (χ0) is 34.2. The van der Waals surface area contributed by atoms with E-state index in [1.165, 1.54) is 102 Å². The second kappa shape index (κ2) is 24.1. The summed E-state index contributed by atoms with van der Waals surface area (Å²) in [5, 5.41) is 0. The van der Waals surface area contributed by atoms with Gasteiger partial charge in [0.05, 0.1) is 17.8 Å². The van der Waals surface area contributed by atoms with Crippen molar-refractivity contribution >= 4 is 5.97 Å². The number of benzene rings is 3. The highest BCUT2D eigenvalue weighted by molar-refractivity contribution is 5.91. The Hall–Kier alpha value is -3.11. The van der Waals surface area contributed by atoms with Crippen molar-refractivity contribution < 1.29 is 19.0 Å². The van der Waals surface area contributed by atoms with Gasteiger partial charge in [-0.3, -0.25) is 0 Å². The van der Waals surface area contributed by atoms with Crippen LogP contribution in [0.3, 0.4) is 0 Å². The van der Waals surface area contributed by atoms with E-state index in [-0.39, 0.29) is 18.2 Å². The third kappa shape index (κ3) is 15.9. The number of rotatable bonds is 26. The Bertz CT molecular complexity index is 1230. The van der Waals surface area contributed by atoms with E-state index in [0.717, 1.165) is 42.7 Å². The van der Waals surface area contributed by atoms with E-state index >= 15 is 0 Å². The van der Waals surface area contributed by atoms with E-state index in [9.17, 15) is 4.79 Å². The number of hydrogen-bond donors (Lipinski definition) is 0. The first-order chi connectivity index (χ1) is 23.5. The summed E-state index contributed by atoms with van der Waals surface area (Å²) in [5.41, 5.74) is 3.87. The molecule has 0 aliphatic rings. The van der Waals surface area contributed by atoms with Gasteiger partial charge in [-0.2, -0.15) is 0 Å². The molecule has 48 heavy (non-hydrogen) atoms. The molecule has 0 aliphatic carbocycles. The van der Waals surface area contributed by atoms with Crippen molar-refractivity contribution in [2.75, 3.05) is 6.61 Å². The molecule has 3 aromatic rings. The average Bonchev–Trinajstić information content (AvgIpc) is 3.10. The molecule has 4 heteroatoms. The van der Waals surface area contributed by atoms with Gasteiger partial charge in [-0.05, 0) is 79.8 Å². The lowest BCUT2D eigenvalue weighted by Crippen LogP contribution is -2.11. The minimum Gasteiger partial charge on any atom is -0.491 e. The van der Waals surface area contributed by atoms with Crippen molar-refractivity contribution in [1.82, 2.24) is 0 Å². The molecule has 2 unspecified atom stereocenters. The zero-order valence-electron chi connectivity index (χ0n) is 30.7. The minimum atomic E-state index is -0.375. The zero-order valence-corrected chi connectivity index (χ0v) is 30.7. The van der Waals surface area contributed by atoms with Crippen LogP contribution in [0.25, 0.3) is 11.1 Å². The molecule has 4 nitrogen and oxygen atoms in total. The van der Waals surface area contributed by atoms with Crippen molar-refractivity contribution in [2.45, 2.75) is 155 Å². The highest BCUT2D eigenvalue weighted by Gasteiger charge is 2.11. The van der Waals surface area contributed by atoms with Crippen LogP contribution in [0, 0.1) is 0 Å². The SMILES string of the molecule is CCCCCCCCCCCCCCCCCCOC(C)c1ccc(-c2ccc(C(=O)Oc3ccc(OC(C)CCC)cc3)cc2)cc1. The van der Waals surface area contributed by atoms with Crippen LogP contribution in [0.2, 0.25) is 0 Å². The lowest BCUT2D eigenvalue weighted by atomic mass is 10.0. The summed E-state index contributed by atoms with van der Waals surface area (Å²) in [4.78, 5) is 12.7. The van der Waals surface area contributed by atoms with E-state index in [2.05, 4.69) is 52.0 Å². The maximum absolute atomic E-state index is 12.7. The van der Waals surface area contributed by atoms with Crippen molar-refractivity contribution in [3.63, 3.8) is 0 Å². The highest BCUT2D eigenvalue weighted by atomic mass is 16.5. The van der Waals surface area contributed by atoms with Crippen LogP contribution in [0.1, 0.15) is 165 Å². The molecule has 264 valence electrons. The number of unbranched alkanes of at least 4 members (excludes halogenated alkanes) is 15. The minimum absolute atomic E-state index is 0.0768. The molecule has 2 atom stereocenters. The van der Waals surface area contributed by atoms with Crippen molar-refractivity contribution in [1.29, 1.82) is 0 Å². The molecule has 0 N–H and O–H groups in total. The third-order valence-electron chi connectivity index (χ3n) is 9.27. The molecule has 0 aliphatic heterocycles. The fourth-order valence-corrected chi connectivity index (χ4v) is 6.20. The second-order valence-electron chi connectivity index (χ2n) is 13.6. The molecule has 0 radical (unpaired) electrons. The third-order valence-corrected chi connectivity index (χ3v) is 9.27. The van der Waals surface area contributed by atoms with E-state index in [4.69, 9.17) is 14.2 Å². The summed E-state index contributed by atoms with van der Waals surface area (Å²) < 4.78 is 17.6. The molecule has 0 aromatic heterocycles. The maximum atomic E-state index is 12.7. The average molecular weight is 657 g/mol. The van der Waals surface area contributed by atoms with Gasteiger partial charge in [0.15, 0.2) is 0 Å². The summed E-state index contributed by atoms with van der Waals surface area (Å²) >= 11 is 0. The van der Waals surface area contributed by atoms with Crippen molar-refractivity contribution in [2.24, 2.45) is 0 Å². The first-order valence-electron chi connectivity index (χ1n) is 19.3. The molecule has 3 aromatic carbocycles. The predicted molar refractivity (Wildman–Crippen MR) is 202 cm³/mol. The molecular formula is C44H64O4. The van der Waals surface area contributed by atoms with Crippen LogP contribution in [0.15, 0.2) is 72.8 Å². The van der Waals surface area contributed by atoms with E-state index < -0.39 is 0 Å². The molecule has 0 heterocycles. The smallest absolute Gasteiger partial charge is 0.343 e. The number of carbonyl (C=O) groups excluding carboxylic acids is 1. The van der Waals surface area contributed by atoms with E-state index in [0.29, 0.717) is 11.3 Å². The van der Waals surface area contributed by atoms with Gasteiger partial charge >= 0.3 is 5.97 Å². The summed E-state index contributed by atoms with van der Waals surface area (Å²) in [6.07, 6.45) is 24.4. The number of hydrogen-bond acceptors (Lipinski definition) is 4. The first-order valence-corrected chi connectivity index (χ1v) is 19.3. The van der Waals surface area contributed by atoms with Gasteiger partial charge in [-0.15, -0.1) is 0 Å². The first kappa shape index (κ1) is 39.3. The summed E-state index contributed by atoms with van der Waals surface area (Å²) in [7, 11) is 0. The van der Waals surface area contributed by atoms with Crippen molar-refractivity contribution in [3.05, 3.63) is 83.9 Å². The lowest BCUT2D eigenvalue weighted by Gasteiger charge is -2.14. The van der Waals surface area contributed by atoms with Crippen LogP contribution < -0.4 is 9.47 Å². The van der Waals surface area contributed by atoms with Crippen LogP contribution in [0.5, 0.6) is 11.5 Å². The number of carbonyl (C=O) groups is 1. The molecule has 0 spiro atoms. The molecule has 0 saturated heterocycles. The quantitative estimate of drug-likeness (QED) is 0.0490. The fourth-order valence-electron chi connectivity index (χ4n) is 6.20. The Morgan fingerprint density at radius 3 is 1.50 bits per heavy atom. The summed E-state index contributed by atoms with van der Waals surface area (Å²) in [6.45, 7) is 9.44. The van der Waals surface area contributed by atoms with Gasteiger partial charge in [-0.25, -0.2) is 4.79 Å². The van der Waals surface area contributed by atoms with E-state index in [1.54, 1.807) is 12.1 Å². The summed E-state index contributed by atoms with van der Waals surface area (Å²) in [5.74, 6) is 0.907. The molecule has 0 amide bonds. The second-order valence-corrected chi connectivity index (χ2v) is 13.6. The van der Waals surface area contributed by atoms with Gasteiger partial charge in [0.25, 0.3) is 0 Å². The van der Waals surface area contributed by atoms with Gasteiger partial charge in [0.1, 0.15) is 11.5 Å². The van der Waals surface area contributed by atoms with Gasteiger partial charge in [-0.1, -0.05) is 153 Å². The maximum Gasteiger partial charge on any atom is 0.343 e. The Kier molecular flexibility index (Phi) is 19.7. The van der Waals surface area contributed by atoms with Gasteiger partial charge < -0.3 is 14.2 Å². The Labute approximate surface area is 293 Å². The molecule has 0 saturated carbocycles. The van der Waals surface area contributed by atoms with Crippen LogP contribution >= 0.6 is 0 Å². The molecular weight excluding hydrogens is 592 g/mol. The Morgan fingerprint density at radius 2 is 1.00 bits per heavy atom. The normalized spacial score (nSPS) is 12.5. The Balaban J connectivity index is 1.26. The van der Waals surface area contributed by atoms with Crippen molar-refractivity contribution in [3.8, 4) is 22.6 Å². The number of esters is 1. The highest BCUT2D eigenvalue weighted by Crippen LogP contribution is 2.25.